The molecule has 0 atom stereocenters. The molecule has 0 aliphatic carbocycles. The predicted molar refractivity (Wildman–Crippen MR) is 70.6 cm³/mol. The number of nitrogens with one attached hydrogen (secondary N) is 1. The van der Waals surface area contributed by atoms with Crippen LogP contribution in [0.25, 0.3) is 0 Å². The fourth-order valence-electron chi connectivity index (χ4n) is 1.29. The summed E-state index contributed by atoms with van der Waals surface area (Å²) >= 11 is 6.08. The van der Waals surface area contributed by atoms with Gasteiger partial charge in [-0.25, -0.2) is 0 Å². The molecule has 1 aromatic carbocycles. The van der Waals surface area contributed by atoms with Crippen molar-refractivity contribution < 1.29 is 9.84 Å². The van der Waals surface area contributed by atoms with E-state index in [0.717, 1.165) is 12.1 Å². The van der Waals surface area contributed by atoms with Crippen molar-refractivity contribution in [3.63, 3.8) is 0 Å². The highest BCUT2D eigenvalue weighted by Crippen LogP contribution is 2.25. The highest BCUT2D eigenvalue weighted by molar-refractivity contribution is 6.32. The summed E-state index contributed by atoms with van der Waals surface area (Å²) in [5, 5.41) is 12.6. The van der Waals surface area contributed by atoms with Gasteiger partial charge in [0.15, 0.2) is 0 Å². The van der Waals surface area contributed by atoms with Crippen molar-refractivity contribution >= 4 is 11.6 Å². The molecule has 0 spiro atoms. The summed E-state index contributed by atoms with van der Waals surface area (Å²) in [6.45, 7) is 7.38. The Bertz CT molecular complexity index is 361. The average molecular weight is 258 g/mol. The Hall–Kier alpha value is -0.770. The molecule has 0 saturated heterocycles. The number of benzene rings is 1. The quantitative estimate of drug-likeness (QED) is 0.852. The molecule has 96 valence electrons. The molecule has 0 heterocycles. The maximum absolute atomic E-state index is 8.67. The van der Waals surface area contributed by atoms with Gasteiger partial charge in [-0.05, 0) is 38.5 Å². The van der Waals surface area contributed by atoms with Gasteiger partial charge < -0.3 is 15.2 Å². The first-order valence-electron chi connectivity index (χ1n) is 5.69. The smallest absolute Gasteiger partial charge is 0.138 e. The van der Waals surface area contributed by atoms with Crippen molar-refractivity contribution in [3.05, 3.63) is 28.8 Å². The van der Waals surface area contributed by atoms with Gasteiger partial charge in [-0.15, -0.1) is 0 Å². The fraction of sp³-hybridized carbons (Fsp3) is 0.538. The van der Waals surface area contributed by atoms with E-state index in [4.69, 9.17) is 21.4 Å². The van der Waals surface area contributed by atoms with Gasteiger partial charge in [-0.1, -0.05) is 17.7 Å². The van der Waals surface area contributed by atoms with Gasteiger partial charge in [0.1, 0.15) is 12.4 Å². The number of hydrogen-bond acceptors (Lipinski definition) is 3. The van der Waals surface area contributed by atoms with Crippen molar-refractivity contribution in [2.75, 3.05) is 13.2 Å². The van der Waals surface area contributed by atoms with Gasteiger partial charge in [0.05, 0.1) is 11.6 Å². The third kappa shape index (κ3) is 5.39. The zero-order valence-corrected chi connectivity index (χ0v) is 11.3. The molecule has 0 bridgehead atoms. The summed E-state index contributed by atoms with van der Waals surface area (Å²) in [5.74, 6) is 0.611. The van der Waals surface area contributed by atoms with Crippen LogP contribution in [0.2, 0.25) is 5.02 Å². The molecule has 0 radical (unpaired) electrons. The molecule has 17 heavy (non-hydrogen) atoms. The van der Waals surface area contributed by atoms with Gasteiger partial charge >= 0.3 is 0 Å². The number of aliphatic hydroxyl groups excluding tert-OH is 1. The van der Waals surface area contributed by atoms with Crippen LogP contribution in [0.1, 0.15) is 26.3 Å². The zero-order valence-electron chi connectivity index (χ0n) is 10.6. The highest BCUT2D eigenvalue weighted by atomic mass is 35.5. The molecule has 0 aromatic heterocycles. The van der Waals surface area contributed by atoms with Crippen LogP contribution in [0.5, 0.6) is 5.75 Å². The molecule has 0 fully saturated rings. The normalized spacial score (nSPS) is 11.6. The molecule has 1 aromatic rings. The molecule has 4 heteroatoms. The van der Waals surface area contributed by atoms with E-state index in [1.807, 2.05) is 18.2 Å². The lowest BCUT2D eigenvalue weighted by atomic mass is 10.1. The molecule has 2 N–H and O–H groups in total. The lowest BCUT2D eigenvalue weighted by Crippen LogP contribution is -2.35. The second kappa shape index (κ2) is 6.24. The number of ether oxygens (including phenoxy) is 1. The fourth-order valence-corrected chi connectivity index (χ4v) is 1.55. The zero-order chi connectivity index (χ0) is 12.9. The van der Waals surface area contributed by atoms with Crippen LogP contribution in [-0.2, 0) is 6.54 Å². The molecule has 0 aliphatic heterocycles. The first-order chi connectivity index (χ1) is 7.92. The molecule has 0 aliphatic rings. The third-order valence-corrected chi connectivity index (χ3v) is 2.46. The van der Waals surface area contributed by atoms with Crippen molar-refractivity contribution in [2.45, 2.75) is 32.9 Å². The van der Waals surface area contributed by atoms with Crippen LogP contribution in [0.15, 0.2) is 18.2 Å². The van der Waals surface area contributed by atoms with E-state index in [-0.39, 0.29) is 18.8 Å². The average Bonchev–Trinajstić information content (AvgIpc) is 2.24. The summed E-state index contributed by atoms with van der Waals surface area (Å²) in [7, 11) is 0. The van der Waals surface area contributed by atoms with E-state index >= 15 is 0 Å². The number of rotatable bonds is 5. The molecule has 1 rings (SSSR count). The van der Waals surface area contributed by atoms with Gasteiger partial charge in [-0.2, -0.15) is 0 Å². The van der Waals surface area contributed by atoms with Crippen molar-refractivity contribution in [1.82, 2.24) is 5.32 Å². The third-order valence-electron chi connectivity index (χ3n) is 2.17. The largest absolute Gasteiger partial charge is 0.490 e. The van der Waals surface area contributed by atoms with Crippen LogP contribution in [0.3, 0.4) is 0 Å². The minimum absolute atomic E-state index is 0.0103. The topological polar surface area (TPSA) is 41.5 Å². The maximum Gasteiger partial charge on any atom is 0.138 e. The van der Waals surface area contributed by atoms with Crippen LogP contribution >= 0.6 is 11.6 Å². The van der Waals surface area contributed by atoms with Gasteiger partial charge in [0.25, 0.3) is 0 Å². The Labute approximate surface area is 108 Å². The van der Waals surface area contributed by atoms with Gasteiger partial charge in [-0.3, -0.25) is 0 Å². The number of hydrogen-bond donors (Lipinski definition) is 2. The van der Waals surface area contributed by atoms with Crippen LogP contribution in [0.4, 0.5) is 0 Å². The first-order valence-corrected chi connectivity index (χ1v) is 6.07. The van der Waals surface area contributed by atoms with E-state index in [9.17, 15) is 0 Å². The molecular formula is C13H20ClNO2. The lowest BCUT2D eigenvalue weighted by Gasteiger charge is -2.20. The number of halogens is 1. The maximum atomic E-state index is 8.67. The molecular weight excluding hydrogens is 238 g/mol. The van der Waals surface area contributed by atoms with Crippen LogP contribution < -0.4 is 10.1 Å². The summed E-state index contributed by atoms with van der Waals surface area (Å²) in [4.78, 5) is 0. The minimum Gasteiger partial charge on any atom is -0.490 e. The van der Waals surface area contributed by atoms with E-state index in [1.54, 1.807) is 0 Å². The van der Waals surface area contributed by atoms with Crippen molar-refractivity contribution in [2.24, 2.45) is 0 Å². The van der Waals surface area contributed by atoms with Gasteiger partial charge in [0, 0.05) is 12.1 Å². The molecule has 0 amide bonds. The summed E-state index contributed by atoms with van der Waals surface area (Å²) < 4.78 is 5.28. The van der Waals surface area contributed by atoms with Crippen LogP contribution in [0, 0.1) is 0 Å². The Kier molecular flexibility index (Phi) is 5.25. The Balaban J connectivity index is 2.62. The van der Waals surface area contributed by atoms with Crippen molar-refractivity contribution in [1.29, 1.82) is 0 Å². The second-order valence-electron chi connectivity index (χ2n) is 4.94. The second-order valence-corrected chi connectivity index (χ2v) is 5.35. The Morgan fingerprint density at radius 2 is 2.06 bits per heavy atom. The lowest BCUT2D eigenvalue weighted by molar-refractivity contribution is 0.201. The highest BCUT2D eigenvalue weighted by Gasteiger charge is 2.09. The molecule has 0 unspecified atom stereocenters. The molecule has 3 nitrogen and oxygen atoms in total. The minimum atomic E-state index is -0.0103. The Morgan fingerprint density at radius 1 is 1.35 bits per heavy atom. The summed E-state index contributed by atoms with van der Waals surface area (Å²) in [6, 6.07) is 5.68. The standard InChI is InChI=1S/C13H20ClNO2/c1-13(2,3)15-9-10-4-5-12(11(14)8-10)17-7-6-16/h4-5,8,15-16H,6-7,9H2,1-3H3. The van der Waals surface area contributed by atoms with E-state index < -0.39 is 0 Å². The predicted octanol–water partition coefficient (Wildman–Crippen LogP) is 2.60. The van der Waals surface area contributed by atoms with E-state index in [0.29, 0.717) is 10.8 Å². The van der Waals surface area contributed by atoms with E-state index in [2.05, 4.69) is 26.1 Å². The van der Waals surface area contributed by atoms with Gasteiger partial charge in [0.2, 0.25) is 0 Å². The monoisotopic (exact) mass is 257 g/mol. The first kappa shape index (κ1) is 14.3. The van der Waals surface area contributed by atoms with E-state index in [1.165, 1.54) is 0 Å². The van der Waals surface area contributed by atoms with Crippen LogP contribution in [-0.4, -0.2) is 23.9 Å². The summed E-state index contributed by atoms with van der Waals surface area (Å²) in [5.41, 5.74) is 1.19. The molecule has 0 saturated carbocycles. The van der Waals surface area contributed by atoms with Crippen molar-refractivity contribution in [3.8, 4) is 5.75 Å². The Morgan fingerprint density at radius 3 is 2.59 bits per heavy atom. The SMILES string of the molecule is CC(C)(C)NCc1ccc(OCCO)c(Cl)c1. The summed E-state index contributed by atoms with van der Waals surface area (Å²) in [6.07, 6.45) is 0. The number of aliphatic hydroxyl groups is 1.